The second-order valence-corrected chi connectivity index (χ2v) is 3.03. The summed E-state index contributed by atoms with van der Waals surface area (Å²) >= 11 is 0. The zero-order valence-corrected chi connectivity index (χ0v) is 6.80. The maximum atomic E-state index is 9.43. The van der Waals surface area contributed by atoms with E-state index >= 15 is 0 Å². The van der Waals surface area contributed by atoms with Gasteiger partial charge in [-0.1, -0.05) is 25.3 Å². The second kappa shape index (κ2) is 2.24. The summed E-state index contributed by atoms with van der Waals surface area (Å²) in [4.78, 5) is 0. The van der Waals surface area contributed by atoms with Crippen LogP contribution in [0.2, 0.25) is 0 Å². The third-order valence-electron chi connectivity index (χ3n) is 2.26. The number of aromatic hydroxyl groups is 1. The predicted octanol–water partition coefficient (Wildman–Crippen LogP) is 0.782. The van der Waals surface area contributed by atoms with Crippen LogP contribution in [-0.4, -0.2) is 5.11 Å². The molecule has 0 heterocycles. The summed E-state index contributed by atoms with van der Waals surface area (Å²) < 4.78 is 0. The molecular weight excluding hydrogens is 148 g/mol. The van der Waals surface area contributed by atoms with Gasteiger partial charge in [-0.25, -0.2) is 0 Å². The highest BCUT2D eigenvalue weighted by Crippen LogP contribution is 2.13. The fourth-order valence-electron chi connectivity index (χ4n) is 1.57. The first-order valence-electron chi connectivity index (χ1n) is 3.89. The van der Waals surface area contributed by atoms with E-state index in [2.05, 4.69) is 19.2 Å². The molecule has 0 saturated carbocycles. The normalized spacial score (nSPS) is 13.3. The molecule has 12 heavy (non-hydrogen) atoms. The number of fused-ring (bicyclic) bond motifs is 1. The molecule has 0 aromatic heterocycles. The van der Waals surface area contributed by atoms with E-state index in [0.29, 0.717) is 5.22 Å². The van der Waals surface area contributed by atoms with Gasteiger partial charge in [-0.3, -0.25) is 0 Å². The minimum Gasteiger partial charge on any atom is -0.507 e. The van der Waals surface area contributed by atoms with Gasteiger partial charge in [-0.2, -0.15) is 0 Å². The Kier molecular flexibility index (Phi) is 1.34. The number of rotatable bonds is 0. The zero-order chi connectivity index (χ0) is 8.72. The van der Waals surface area contributed by atoms with Crippen molar-refractivity contribution in [3.05, 3.63) is 33.7 Å². The van der Waals surface area contributed by atoms with Gasteiger partial charge in [0.1, 0.15) is 5.75 Å². The lowest BCUT2D eigenvalue weighted by Gasteiger charge is -2.01. The van der Waals surface area contributed by atoms with Crippen molar-refractivity contribution in [2.75, 3.05) is 0 Å². The predicted molar refractivity (Wildman–Crippen MR) is 51.1 cm³/mol. The van der Waals surface area contributed by atoms with Crippen LogP contribution in [0.3, 0.4) is 0 Å². The molecule has 1 aromatic carbocycles. The Morgan fingerprint density at radius 1 is 1.33 bits per heavy atom. The lowest BCUT2D eigenvalue weighted by atomic mass is 10.1. The van der Waals surface area contributed by atoms with Gasteiger partial charge in [0.15, 0.2) is 0 Å². The quantitative estimate of drug-likeness (QED) is 0.591. The van der Waals surface area contributed by atoms with E-state index in [4.69, 9.17) is 0 Å². The molecule has 1 aliphatic carbocycles. The molecule has 1 heteroatoms. The topological polar surface area (TPSA) is 20.2 Å². The Hall–Kier alpha value is -1.50. The molecular formula is C11H10O. The third kappa shape index (κ3) is 0.797. The van der Waals surface area contributed by atoms with Crippen LogP contribution in [0.4, 0.5) is 0 Å². The van der Waals surface area contributed by atoms with Gasteiger partial charge < -0.3 is 5.11 Å². The molecule has 0 atom stereocenters. The summed E-state index contributed by atoms with van der Waals surface area (Å²) in [6.45, 7) is 7.67. The van der Waals surface area contributed by atoms with E-state index in [1.54, 1.807) is 6.07 Å². The molecule has 60 valence electrons. The van der Waals surface area contributed by atoms with E-state index in [9.17, 15) is 5.11 Å². The van der Waals surface area contributed by atoms with E-state index in [1.165, 1.54) is 5.56 Å². The molecule has 1 aliphatic rings. The van der Waals surface area contributed by atoms with Crippen LogP contribution in [0, 0.1) is 0 Å². The summed E-state index contributed by atoms with van der Waals surface area (Å²) in [5, 5.41) is 11.0. The lowest BCUT2D eigenvalue weighted by molar-refractivity contribution is 0.470. The Balaban J connectivity index is 2.94. The molecule has 0 fully saturated rings. The van der Waals surface area contributed by atoms with Crippen molar-refractivity contribution in [1.82, 2.24) is 0 Å². The van der Waals surface area contributed by atoms with Crippen molar-refractivity contribution in [2.24, 2.45) is 0 Å². The number of phenolic OH excluding ortho intramolecular Hbond substituents is 1. The van der Waals surface area contributed by atoms with E-state index in [-0.39, 0.29) is 5.75 Å². The fourth-order valence-corrected chi connectivity index (χ4v) is 1.57. The first-order chi connectivity index (χ1) is 5.70. The summed E-state index contributed by atoms with van der Waals surface area (Å²) in [5.41, 5.74) is 2.23. The van der Waals surface area contributed by atoms with Crippen molar-refractivity contribution < 1.29 is 5.11 Å². The Morgan fingerprint density at radius 3 is 2.83 bits per heavy atom. The summed E-state index contributed by atoms with van der Waals surface area (Å²) in [7, 11) is 0. The fraction of sp³-hybridized carbons (Fsp3) is 0.0909. The smallest absolute Gasteiger partial charge is 0.123 e. The van der Waals surface area contributed by atoms with Crippen molar-refractivity contribution in [2.45, 2.75) is 6.42 Å². The Bertz CT molecular complexity index is 455. The summed E-state index contributed by atoms with van der Waals surface area (Å²) in [6.07, 6.45) is 4.97. The van der Waals surface area contributed by atoms with Gasteiger partial charge in [-0.05, 0) is 28.8 Å². The first kappa shape index (κ1) is 7.17. The van der Waals surface area contributed by atoms with Crippen LogP contribution in [-0.2, 0) is 6.42 Å². The van der Waals surface area contributed by atoms with Crippen molar-refractivity contribution >= 4 is 19.2 Å². The van der Waals surface area contributed by atoms with Crippen LogP contribution in [0.1, 0.15) is 11.1 Å². The summed E-state index contributed by atoms with van der Waals surface area (Å²) in [6, 6.07) is 1.67. The number of benzene rings is 1. The van der Waals surface area contributed by atoms with Crippen LogP contribution >= 0.6 is 0 Å². The molecule has 0 bridgehead atoms. The molecule has 0 radical (unpaired) electrons. The van der Waals surface area contributed by atoms with Gasteiger partial charge >= 0.3 is 0 Å². The van der Waals surface area contributed by atoms with E-state index in [0.717, 1.165) is 17.2 Å². The lowest BCUT2D eigenvalue weighted by Crippen LogP contribution is -2.15. The Morgan fingerprint density at radius 2 is 2.08 bits per heavy atom. The molecule has 0 amide bonds. The van der Waals surface area contributed by atoms with Gasteiger partial charge in [0, 0.05) is 5.22 Å². The Labute approximate surface area is 71.0 Å². The number of allylic oxidation sites excluding steroid dienone is 1. The SMILES string of the molecule is C=c1cc(O)c(=C)c2c1CC=C2. The molecule has 2 rings (SSSR count). The van der Waals surface area contributed by atoms with Gasteiger partial charge in [0.2, 0.25) is 0 Å². The van der Waals surface area contributed by atoms with Gasteiger partial charge in [-0.15, -0.1) is 0 Å². The molecule has 1 aromatic rings. The average molecular weight is 158 g/mol. The van der Waals surface area contributed by atoms with E-state index in [1.807, 2.05) is 6.08 Å². The average Bonchev–Trinajstić information content (AvgIpc) is 2.48. The molecule has 0 unspecified atom stereocenters. The standard InChI is InChI=1S/C11H10O/c1-7-6-11(12)8(2)10-5-3-4-9(7)10/h3,5-6,12H,1-2,4H2. The molecule has 0 aliphatic heterocycles. The molecule has 1 nitrogen and oxygen atoms in total. The van der Waals surface area contributed by atoms with Gasteiger partial charge in [0.05, 0.1) is 0 Å². The number of hydrogen-bond donors (Lipinski definition) is 1. The van der Waals surface area contributed by atoms with Crippen molar-refractivity contribution in [1.29, 1.82) is 0 Å². The molecule has 0 saturated heterocycles. The highest BCUT2D eigenvalue weighted by atomic mass is 16.3. The highest BCUT2D eigenvalue weighted by Gasteiger charge is 2.08. The van der Waals surface area contributed by atoms with Crippen LogP contribution < -0.4 is 10.4 Å². The first-order valence-corrected chi connectivity index (χ1v) is 3.89. The number of phenols is 1. The van der Waals surface area contributed by atoms with E-state index < -0.39 is 0 Å². The molecule has 1 N–H and O–H groups in total. The second-order valence-electron chi connectivity index (χ2n) is 3.03. The van der Waals surface area contributed by atoms with Crippen LogP contribution in [0.15, 0.2) is 12.1 Å². The third-order valence-corrected chi connectivity index (χ3v) is 2.26. The minimum atomic E-state index is 0.241. The monoisotopic (exact) mass is 158 g/mol. The van der Waals surface area contributed by atoms with Crippen molar-refractivity contribution in [3.63, 3.8) is 0 Å². The zero-order valence-electron chi connectivity index (χ0n) is 6.80. The minimum absolute atomic E-state index is 0.241. The highest BCUT2D eigenvalue weighted by molar-refractivity contribution is 5.63. The van der Waals surface area contributed by atoms with Gasteiger partial charge in [0.25, 0.3) is 0 Å². The van der Waals surface area contributed by atoms with Crippen LogP contribution in [0.5, 0.6) is 5.75 Å². The van der Waals surface area contributed by atoms with Crippen molar-refractivity contribution in [3.8, 4) is 5.75 Å². The van der Waals surface area contributed by atoms with Crippen LogP contribution in [0.25, 0.3) is 19.2 Å². The summed E-state index contributed by atoms with van der Waals surface area (Å²) in [5.74, 6) is 0.241. The maximum absolute atomic E-state index is 9.43. The maximum Gasteiger partial charge on any atom is 0.123 e. The number of hydrogen-bond acceptors (Lipinski definition) is 1. The molecule has 0 spiro atoms. The largest absolute Gasteiger partial charge is 0.507 e.